The van der Waals surface area contributed by atoms with Gasteiger partial charge in [-0.1, -0.05) is 13.8 Å². The number of aliphatic carboxylic acids is 1. The summed E-state index contributed by atoms with van der Waals surface area (Å²) in [4.78, 5) is 24.9. The molecule has 6 nitrogen and oxygen atoms in total. The van der Waals surface area contributed by atoms with Crippen molar-refractivity contribution in [2.75, 3.05) is 26.7 Å². The van der Waals surface area contributed by atoms with Crippen LogP contribution in [-0.2, 0) is 4.79 Å². The largest absolute Gasteiger partial charge is 0.480 e. The number of urea groups is 1. The summed E-state index contributed by atoms with van der Waals surface area (Å²) in [5, 5.41) is 14.3. The molecule has 19 heavy (non-hydrogen) atoms. The van der Waals surface area contributed by atoms with Crippen molar-refractivity contribution in [1.82, 2.24) is 15.5 Å². The van der Waals surface area contributed by atoms with E-state index in [1.165, 1.54) is 0 Å². The summed E-state index contributed by atoms with van der Waals surface area (Å²) in [6.07, 6.45) is 1.51. The van der Waals surface area contributed by atoms with Crippen molar-refractivity contribution in [3.05, 3.63) is 0 Å². The number of hydrogen-bond donors (Lipinski definition) is 3. The van der Waals surface area contributed by atoms with E-state index in [2.05, 4.69) is 22.6 Å². The van der Waals surface area contributed by atoms with Gasteiger partial charge in [0.05, 0.1) is 0 Å². The molecule has 0 spiro atoms. The number of hydrogen-bond acceptors (Lipinski definition) is 3. The SMILES string of the molecule is CC(C)C[C@H](NC(=O)NCC1CCN(C)C1)C(=O)O. The first-order valence-corrected chi connectivity index (χ1v) is 6.84. The number of nitrogens with one attached hydrogen (secondary N) is 2. The molecule has 2 atom stereocenters. The van der Waals surface area contributed by atoms with Crippen molar-refractivity contribution in [3.63, 3.8) is 0 Å². The second-order valence-corrected chi connectivity index (χ2v) is 5.79. The molecule has 1 fully saturated rings. The number of carboxylic acid groups (broad SMARTS) is 1. The molecular weight excluding hydrogens is 246 g/mol. The van der Waals surface area contributed by atoms with Crippen molar-refractivity contribution >= 4 is 12.0 Å². The highest BCUT2D eigenvalue weighted by Crippen LogP contribution is 2.12. The van der Waals surface area contributed by atoms with Crippen molar-refractivity contribution in [2.24, 2.45) is 11.8 Å². The van der Waals surface area contributed by atoms with E-state index < -0.39 is 12.0 Å². The Balaban J connectivity index is 2.30. The molecule has 0 aliphatic carbocycles. The lowest BCUT2D eigenvalue weighted by molar-refractivity contribution is -0.139. The lowest BCUT2D eigenvalue weighted by Gasteiger charge is -2.18. The van der Waals surface area contributed by atoms with Gasteiger partial charge in [0, 0.05) is 13.1 Å². The third-order valence-electron chi connectivity index (χ3n) is 3.35. The molecule has 1 saturated heterocycles. The zero-order valence-electron chi connectivity index (χ0n) is 12.0. The first kappa shape index (κ1) is 15.8. The lowest BCUT2D eigenvalue weighted by atomic mass is 10.0. The molecule has 3 N–H and O–H groups in total. The Morgan fingerprint density at radius 3 is 2.58 bits per heavy atom. The molecule has 1 rings (SSSR count). The summed E-state index contributed by atoms with van der Waals surface area (Å²) in [5.41, 5.74) is 0. The van der Waals surface area contributed by atoms with E-state index in [1.54, 1.807) is 0 Å². The van der Waals surface area contributed by atoms with Crippen LogP contribution in [0.4, 0.5) is 4.79 Å². The van der Waals surface area contributed by atoms with Crippen LogP contribution in [0.25, 0.3) is 0 Å². The first-order chi connectivity index (χ1) is 8.88. The zero-order chi connectivity index (χ0) is 14.4. The smallest absolute Gasteiger partial charge is 0.326 e. The quantitative estimate of drug-likeness (QED) is 0.665. The molecule has 1 aliphatic heterocycles. The molecule has 0 aromatic rings. The van der Waals surface area contributed by atoms with Gasteiger partial charge in [-0.3, -0.25) is 0 Å². The standard InChI is InChI=1S/C13H25N3O3/c1-9(2)6-11(12(17)18)15-13(19)14-7-10-4-5-16(3)8-10/h9-11H,4-8H2,1-3H3,(H,17,18)(H2,14,15,19)/t10?,11-/m0/s1. The highest BCUT2D eigenvalue weighted by molar-refractivity contribution is 5.82. The van der Waals surface area contributed by atoms with Crippen LogP contribution in [0, 0.1) is 11.8 Å². The average Bonchev–Trinajstić information content (AvgIpc) is 2.71. The summed E-state index contributed by atoms with van der Waals surface area (Å²) in [5.74, 6) is -0.293. The van der Waals surface area contributed by atoms with E-state index >= 15 is 0 Å². The van der Waals surface area contributed by atoms with Crippen LogP contribution in [0.15, 0.2) is 0 Å². The van der Waals surface area contributed by atoms with Crippen LogP contribution in [0.3, 0.4) is 0 Å². The second-order valence-electron chi connectivity index (χ2n) is 5.79. The number of nitrogens with zero attached hydrogens (tertiary/aromatic N) is 1. The molecular formula is C13H25N3O3. The Labute approximate surface area is 114 Å². The Kier molecular flexibility index (Phi) is 6.08. The van der Waals surface area contributed by atoms with Crippen LogP contribution in [0.1, 0.15) is 26.7 Å². The predicted molar refractivity (Wildman–Crippen MR) is 73.0 cm³/mol. The third kappa shape index (κ3) is 5.92. The molecule has 0 aromatic carbocycles. The number of rotatable bonds is 6. The van der Waals surface area contributed by atoms with Gasteiger partial charge in [-0.15, -0.1) is 0 Å². The third-order valence-corrected chi connectivity index (χ3v) is 3.35. The summed E-state index contributed by atoms with van der Waals surface area (Å²) < 4.78 is 0. The van der Waals surface area contributed by atoms with E-state index in [0.29, 0.717) is 18.9 Å². The highest BCUT2D eigenvalue weighted by atomic mass is 16.4. The number of likely N-dealkylation sites (tertiary alicyclic amines) is 1. The fraction of sp³-hybridized carbons (Fsp3) is 0.846. The van der Waals surface area contributed by atoms with Crippen LogP contribution in [0.2, 0.25) is 0 Å². The number of amides is 2. The fourth-order valence-electron chi connectivity index (χ4n) is 2.33. The Morgan fingerprint density at radius 2 is 2.11 bits per heavy atom. The van der Waals surface area contributed by atoms with Gasteiger partial charge in [-0.25, -0.2) is 9.59 Å². The number of carbonyl (C=O) groups excluding carboxylic acids is 1. The maximum atomic E-state index is 11.7. The molecule has 0 bridgehead atoms. The maximum Gasteiger partial charge on any atom is 0.326 e. The molecule has 1 unspecified atom stereocenters. The van der Waals surface area contributed by atoms with Crippen molar-refractivity contribution in [2.45, 2.75) is 32.7 Å². The van der Waals surface area contributed by atoms with Gasteiger partial charge in [0.25, 0.3) is 0 Å². The van der Waals surface area contributed by atoms with E-state index in [9.17, 15) is 9.59 Å². The summed E-state index contributed by atoms with van der Waals surface area (Å²) in [6.45, 7) is 6.51. The minimum Gasteiger partial charge on any atom is -0.480 e. The fourth-order valence-corrected chi connectivity index (χ4v) is 2.33. The van der Waals surface area contributed by atoms with Crippen LogP contribution >= 0.6 is 0 Å². The van der Waals surface area contributed by atoms with Gasteiger partial charge in [0.2, 0.25) is 0 Å². The van der Waals surface area contributed by atoms with E-state index in [-0.39, 0.29) is 11.9 Å². The topological polar surface area (TPSA) is 81.7 Å². The average molecular weight is 271 g/mol. The highest BCUT2D eigenvalue weighted by Gasteiger charge is 2.23. The van der Waals surface area contributed by atoms with Crippen LogP contribution < -0.4 is 10.6 Å². The normalized spacial score (nSPS) is 21.4. The van der Waals surface area contributed by atoms with E-state index in [0.717, 1.165) is 19.5 Å². The minimum absolute atomic E-state index is 0.227. The summed E-state index contributed by atoms with van der Waals surface area (Å²) >= 11 is 0. The molecule has 0 radical (unpaired) electrons. The monoisotopic (exact) mass is 271 g/mol. The molecule has 6 heteroatoms. The van der Waals surface area contributed by atoms with E-state index in [1.807, 2.05) is 13.8 Å². The van der Waals surface area contributed by atoms with Crippen molar-refractivity contribution in [3.8, 4) is 0 Å². The molecule has 0 aromatic heterocycles. The maximum absolute atomic E-state index is 11.7. The molecule has 110 valence electrons. The minimum atomic E-state index is -0.982. The van der Waals surface area contributed by atoms with Gasteiger partial charge in [-0.2, -0.15) is 0 Å². The predicted octanol–water partition coefficient (Wildman–Crippen LogP) is 0.737. The summed E-state index contributed by atoms with van der Waals surface area (Å²) in [7, 11) is 2.06. The van der Waals surface area contributed by atoms with Gasteiger partial charge in [-0.05, 0) is 38.3 Å². The molecule has 1 aliphatic rings. The molecule has 1 heterocycles. The Hall–Kier alpha value is -1.30. The zero-order valence-corrected chi connectivity index (χ0v) is 12.0. The lowest BCUT2D eigenvalue weighted by Crippen LogP contribution is -2.47. The van der Waals surface area contributed by atoms with Crippen molar-refractivity contribution < 1.29 is 14.7 Å². The Morgan fingerprint density at radius 1 is 1.42 bits per heavy atom. The number of carbonyl (C=O) groups is 2. The summed E-state index contributed by atoms with van der Waals surface area (Å²) in [6, 6.07) is -1.20. The van der Waals surface area contributed by atoms with Gasteiger partial charge in [0.15, 0.2) is 0 Å². The molecule has 2 amide bonds. The van der Waals surface area contributed by atoms with Gasteiger partial charge >= 0.3 is 12.0 Å². The first-order valence-electron chi connectivity index (χ1n) is 6.84. The van der Waals surface area contributed by atoms with Crippen LogP contribution in [-0.4, -0.2) is 54.7 Å². The number of carboxylic acids is 1. The van der Waals surface area contributed by atoms with Crippen molar-refractivity contribution in [1.29, 1.82) is 0 Å². The Bertz CT molecular complexity index is 320. The van der Waals surface area contributed by atoms with Gasteiger partial charge in [0.1, 0.15) is 6.04 Å². The van der Waals surface area contributed by atoms with Gasteiger partial charge < -0.3 is 20.6 Å². The van der Waals surface area contributed by atoms with Crippen LogP contribution in [0.5, 0.6) is 0 Å². The molecule has 0 saturated carbocycles. The van der Waals surface area contributed by atoms with E-state index in [4.69, 9.17) is 5.11 Å². The second kappa shape index (κ2) is 7.33.